The zero-order valence-electron chi connectivity index (χ0n) is 16.8. The molecule has 2 N–H and O–H groups in total. The van der Waals surface area contributed by atoms with Gasteiger partial charge in [-0.3, -0.25) is 9.59 Å². The van der Waals surface area contributed by atoms with Crippen LogP contribution in [0.15, 0.2) is 11.6 Å². The van der Waals surface area contributed by atoms with Crippen LogP contribution in [0.3, 0.4) is 0 Å². The molecule has 1 heterocycles. The molecule has 6 heteroatoms. The third kappa shape index (κ3) is 5.00. The van der Waals surface area contributed by atoms with Crippen LogP contribution >= 0.6 is 0 Å². The molecule has 27 heavy (non-hydrogen) atoms. The van der Waals surface area contributed by atoms with E-state index < -0.39 is 0 Å². The average molecular weight is 370 g/mol. The summed E-state index contributed by atoms with van der Waals surface area (Å²) in [5.74, 6) is -0.237. The Hall–Kier alpha value is -2.55. The Bertz CT molecular complexity index is 762. The molecule has 1 aliphatic rings. The average Bonchev–Trinajstić information content (AvgIpc) is 2.93. The second-order valence-corrected chi connectivity index (χ2v) is 7.28. The Morgan fingerprint density at radius 3 is 2.52 bits per heavy atom. The fourth-order valence-corrected chi connectivity index (χ4v) is 3.81. The highest BCUT2D eigenvalue weighted by Gasteiger charge is 2.27. The Morgan fingerprint density at radius 2 is 1.96 bits per heavy atom. The minimum atomic E-state index is -0.332. The summed E-state index contributed by atoms with van der Waals surface area (Å²) in [5, 5.41) is 15.1. The van der Waals surface area contributed by atoms with Crippen molar-refractivity contribution in [2.45, 2.75) is 65.5 Å². The van der Waals surface area contributed by atoms with Crippen molar-refractivity contribution in [3.8, 4) is 6.07 Å². The first-order chi connectivity index (χ1) is 12.9. The highest BCUT2D eigenvalue weighted by Crippen LogP contribution is 2.25. The molecule has 0 bridgehead atoms. The molecule has 0 radical (unpaired) electrons. The van der Waals surface area contributed by atoms with Crippen LogP contribution < -0.4 is 10.6 Å². The van der Waals surface area contributed by atoms with Gasteiger partial charge in [-0.2, -0.15) is 5.26 Å². The summed E-state index contributed by atoms with van der Waals surface area (Å²) < 4.78 is 2.21. The van der Waals surface area contributed by atoms with Crippen molar-refractivity contribution in [1.82, 2.24) is 15.2 Å². The van der Waals surface area contributed by atoms with Crippen molar-refractivity contribution in [2.24, 2.45) is 5.92 Å². The maximum absolute atomic E-state index is 12.6. The first kappa shape index (κ1) is 20.8. The Kier molecular flexibility index (Phi) is 7.23. The van der Waals surface area contributed by atoms with Crippen LogP contribution in [0.5, 0.6) is 0 Å². The van der Waals surface area contributed by atoms with Crippen LogP contribution in [0.25, 0.3) is 6.08 Å². The van der Waals surface area contributed by atoms with E-state index in [9.17, 15) is 14.9 Å². The molecule has 2 rings (SSSR count). The van der Waals surface area contributed by atoms with Gasteiger partial charge in [0, 0.05) is 36.9 Å². The summed E-state index contributed by atoms with van der Waals surface area (Å²) >= 11 is 0. The van der Waals surface area contributed by atoms with E-state index in [0.717, 1.165) is 55.6 Å². The number of hydrogen-bond donors (Lipinski definition) is 2. The van der Waals surface area contributed by atoms with Gasteiger partial charge in [0.15, 0.2) is 0 Å². The largest absolute Gasteiger partial charge is 0.359 e. The van der Waals surface area contributed by atoms with Gasteiger partial charge in [0.05, 0.1) is 0 Å². The maximum atomic E-state index is 12.6. The summed E-state index contributed by atoms with van der Waals surface area (Å²) in [6.07, 6.45) is 5.74. The number of hydrogen-bond acceptors (Lipinski definition) is 3. The summed E-state index contributed by atoms with van der Waals surface area (Å²) in [5.41, 5.74) is 3.24. The number of nitrogens with one attached hydrogen (secondary N) is 2. The van der Waals surface area contributed by atoms with Gasteiger partial charge in [0.2, 0.25) is 5.91 Å². The predicted octanol–water partition coefficient (Wildman–Crippen LogP) is 2.84. The zero-order chi connectivity index (χ0) is 20.0. The molecule has 146 valence electrons. The number of nitriles is 1. The van der Waals surface area contributed by atoms with Crippen molar-refractivity contribution < 1.29 is 9.59 Å². The molecule has 0 atom stereocenters. The highest BCUT2D eigenvalue weighted by molar-refractivity contribution is 6.02. The molecule has 0 aliphatic heterocycles. The van der Waals surface area contributed by atoms with E-state index in [1.54, 1.807) is 13.1 Å². The van der Waals surface area contributed by atoms with E-state index in [-0.39, 0.29) is 29.3 Å². The smallest absolute Gasteiger partial charge is 0.262 e. The van der Waals surface area contributed by atoms with Gasteiger partial charge in [-0.15, -0.1) is 0 Å². The molecule has 1 aromatic rings. The van der Waals surface area contributed by atoms with Gasteiger partial charge < -0.3 is 15.2 Å². The van der Waals surface area contributed by atoms with E-state index in [1.807, 2.05) is 26.0 Å². The minimum absolute atomic E-state index is 0.0164. The summed E-state index contributed by atoms with van der Waals surface area (Å²) in [7, 11) is 1.65. The zero-order valence-corrected chi connectivity index (χ0v) is 16.8. The monoisotopic (exact) mass is 370 g/mol. The molecule has 6 nitrogen and oxygen atoms in total. The lowest BCUT2D eigenvalue weighted by Crippen LogP contribution is -2.40. The third-order valence-electron chi connectivity index (χ3n) is 5.40. The van der Waals surface area contributed by atoms with E-state index in [0.29, 0.717) is 0 Å². The fraction of sp³-hybridized carbons (Fsp3) is 0.571. The van der Waals surface area contributed by atoms with Crippen LogP contribution in [0.4, 0.5) is 0 Å². The van der Waals surface area contributed by atoms with Crippen LogP contribution in [-0.4, -0.2) is 29.5 Å². The third-order valence-corrected chi connectivity index (χ3v) is 5.40. The van der Waals surface area contributed by atoms with Crippen molar-refractivity contribution in [3.05, 3.63) is 28.6 Å². The van der Waals surface area contributed by atoms with Crippen molar-refractivity contribution in [2.75, 3.05) is 7.05 Å². The van der Waals surface area contributed by atoms with E-state index in [1.165, 1.54) is 0 Å². The molecular formula is C21H30N4O2. The lowest BCUT2D eigenvalue weighted by molar-refractivity contribution is -0.125. The lowest BCUT2D eigenvalue weighted by Gasteiger charge is -2.27. The van der Waals surface area contributed by atoms with Crippen LogP contribution in [0.1, 0.15) is 56.0 Å². The van der Waals surface area contributed by atoms with Gasteiger partial charge in [0.1, 0.15) is 11.6 Å². The highest BCUT2D eigenvalue weighted by atomic mass is 16.2. The normalized spacial score (nSPS) is 20.0. The van der Waals surface area contributed by atoms with Gasteiger partial charge in [-0.25, -0.2) is 0 Å². The quantitative estimate of drug-likeness (QED) is 0.596. The molecular weight excluding hydrogens is 340 g/mol. The van der Waals surface area contributed by atoms with Gasteiger partial charge in [0.25, 0.3) is 5.91 Å². The first-order valence-corrected chi connectivity index (χ1v) is 9.72. The SMILES string of the molecule is CCCn1c(C)cc(/C=C(\C#N)C(=O)NC2CCC(C(=O)NC)CC2)c1C. The summed E-state index contributed by atoms with van der Waals surface area (Å²) in [6.45, 7) is 7.11. The number of nitrogens with zero attached hydrogens (tertiary/aromatic N) is 2. The van der Waals surface area contributed by atoms with Crippen LogP contribution in [-0.2, 0) is 16.1 Å². The number of aromatic nitrogens is 1. The standard InChI is InChI=1S/C21H30N4O2/c1-5-10-25-14(2)11-17(15(25)3)12-18(13-22)21(27)24-19-8-6-16(7-9-19)20(26)23-4/h11-12,16,19H,5-10H2,1-4H3,(H,23,26)(H,24,27)/b18-12+. The fourth-order valence-electron chi connectivity index (χ4n) is 3.81. The van der Waals surface area contributed by atoms with Crippen molar-refractivity contribution in [3.63, 3.8) is 0 Å². The topological polar surface area (TPSA) is 86.9 Å². The minimum Gasteiger partial charge on any atom is -0.359 e. The predicted molar refractivity (Wildman–Crippen MR) is 106 cm³/mol. The molecule has 0 aromatic carbocycles. The molecule has 0 spiro atoms. The number of carbonyl (C=O) groups is 2. The first-order valence-electron chi connectivity index (χ1n) is 9.72. The molecule has 0 unspecified atom stereocenters. The molecule has 1 aliphatic carbocycles. The molecule has 0 saturated heterocycles. The number of rotatable bonds is 6. The second-order valence-electron chi connectivity index (χ2n) is 7.28. The molecule has 1 fully saturated rings. The Labute approximate surface area is 161 Å². The van der Waals surface area contributed by atoms with E-state index in [4.69, 9.17) is 0 Å². The Balaban J connectivity index is 2.05. The maximum Gasteiger partial charge on any atom is 0.262 e. The van der Waals surface area contributed by atoms with Gasteiger partial charge in [-0.05, 0) is 63.7 Å². The van der Waals surface area contributed by atoms with Gasteiger partial charge >= 0.3 is 0 Å². The number of amides is 2. The van der Waals surface area contributed by atoms with E-state index >= 15 is 0 Å². The van der Waals surface area contributed by atoms with Gasteiger partial charge in [-0.1, -0.05) is 6.92 Å². The van der Waals surface area contributed by atoms with Crippen molar-refractivity contribution >= 4 is 17.9 Å². The second kappa shape index (κ2) is 9.40. The number of aryl methyl sites for hydroxylation is 1. The molecule has 1 aromatic heterocycles. The van der Waals surface area contributed by atoms with Crippen LogP contribution in [0.2, 0.25) is 0 Å². The summed E-state index contributed by atoms with van der Waals surface area (Å²) in [6, 6.07) is 4.07. The van der Waals surface area contributed by atoms with E-state index in [2.05, 4.69) is 22.1 Å². The number of carbonyl (C=O) groups excluding carboxylic acids is 2. The lowest BCUT2D eigenvalue weighted by atomic mass is 9.85. The molecule has 2 amide bonds. The van der Waals surface area contributed by atoms with Crippen LogP contribution in [0, 0.1) is 31.1 Å². The Morgan fingerprint density at radius 1 is 1.30 bits per heavy atom. The molecule has 1 saturated carbocycles. The summed E-state index contributed by atoms with van der Waals surface area (Å²) in [4.78, 5) is 24.3. The van der Waals surface area contributed by atoms with Crippen molar-refractivity contribution in [1.29, 1.82) is 5.26 Å².